The molecule has 0 spiro atoms. The lowest BCUT2D eigenvalue weighted by atomic mass is 10.1. The molecule has 3 aliphatic rings. The number of carbonyl (C=O) groups is 2. The van der Waals surface area contributed by atoms with Gasteiger partial charge in [0.1, 0.15) is 0 Å². The Morgan fingerprint density at radius 1 is 1.11 bits per heavy atom. The average molecular weight is 482 g/mol. The smallest absolute Gasteiger partial charge is 0.256 e. The summed E-state index contributed by atoms with van der Waals surface area (Å²) in [6, 6.07) is 9.29. The molecule has 36 heavy (non-hydrogen) atoms. The van der Waals surface area contributed by atoms with Gasteiger partial charge in [0, 0.05) is 49.1 Å². The highest BCUT2D eigenvalue weighted by atomic mass is 16.2. The lowest BCUT2D eigenvalue weighted by Crippen LogP contribution is -2.21. The van der Waals surface area contributed by atoms with E-state index in [1.807, 2.05) is 50.3 Å². The molecule has 1 aromatic rings. The third-order valence-electron chi connectivity index (χ3n) is 6.30. The van der Waals surface area contributed by atoms with Gasteiger partial charge in [0.25, 0.3) is 5.91 Å². The topological polar surface area (TPSA) is 87.2 Å². The third kappa shape index (κ3) is 5.51. The van der Waals surface area contributed by atoms with Crippen molar-refractivity contribution in [2.24, 2.45) is 5.92 Å². The van der Waals surface area contributed by atoms with Gasteiger partial charge in [-0.3, -0.25) is 19.6 Å². The molecule has 1 unspecified atom stereocenters. The van der Waals surface area contributed by atoms with E-state index in [1.54, 1.807) is 30.6 Å². The minimum atomic E-state index is -0.271. The highest BCUT2D eigenvalue weighted by Crippen LogP contribution is 2.31. The highest BCUT2D eigenvalue weighted by Gasteiger charge is 2.25. The molecule has 2 amide bonds. The molecular weight excluding hydrogens is 450 g/mol. The van der Waals surface area contributed by atoms with E-state index in [2.05, 4.69) is 33.8 Å². The van der Waals surface area contributed by atoms with Crippen molar-refractivity contribution in [3.8, 4) is 11.1 Å². The summed E-state index contributed by atoms with van der Waals surface area (Å²) in [5.74, 6) is -0.386. The molecule has 2 heterocycles. The lowest BCUT2D eigenvalue weighted by molar-refractivity contribution is -0.119. The fourth-order valence-electron chi connectivity index (χ4n) is 4.33. The van der Waals surface area contributed by atoms with Crippen LogP contribution in [0.1, 0.15) is 41.0 Å². The van der Waals surface area contributed by atoms with Crippen molar-refractivity contribution >= 4 is 28.8 Å². The number of aryl methyl sites for hydroxylation is 1. The monoisotopic (exact) mass is 481 g/mol. The third-order valence-corrected chi connectivity index (χ3v) is 6.30. The number of anilines is 2. The summed E-state index contributed by atoms with van der Waals surface area (Å²) in [4.78, 5) is 36.8. The second-order valence-electron chi connectivity index (χ2n) is 9.34. The Morgan fingerprint density at radius 2 is 1.89 bits per heavy atom. The Kier molecular flexibility index (Phi) is 7.29. The molecule has 2 N–H and O–H groups in total. The van der Waals surface area contributed by atoms with Gasteiger partial charge in [0.05, 0.1) is 29.0 Å². The second-order valence-corrected chi connectivity index (χ2v) is 9.34. The number of amides is 2. The number of aromatic nitrogens is 2. The summed E-state index contributed by atoms with van der Waals surface area (Å²) in [5.41, 5.74) is 6.65. The van der Waals surface area contributed by atoms with Crippen molar-refractivity contribution in [1.82, 2.24) is 14.9 Å². The number of fused-ring (bicyclic) bond motifs is 1. The van der Waals surface area contributed by atoms with Crippen LogP contribution in [0, 0.1) is 12.8 Å². The zero-order valence-electron chi connectivity index (χ0n) is 21.0. The largest absolute Gasteiger partial charge is 0.383 e. The molecule has 1 aliphatic heterocycles. The maximum Gasteiger partial charge on any atom is 0.256 e. The number of rotatable bonds is 7. The van der Waals surface area contributed by atoms with Gasteiger partial charge in [0.15, 0.2) is 0 Å². The molecule has 0 aromatic carbocycles. The van der Waals surface area contributed by atoms with Crippen LogP contribution in [-0.2, 0) is 4.79 Å². The first kappa shape index (κ1) is 24.9. The number of nitrogens with zero attached hydrogens (tertiary/aromatic N) is 3. The first-order chi connectivity index (χ1) is 17.2. The number of allylic oxidation sites excluding steroid dienone is 3. The van der Waals surface area contributed by atoms with Crippen LogP contribution in [-0.4, -0.2) is 40.8 Å². The summed E-state index contributed by atoms with van der Waals surface area (Å²) in [6.45, 7) is 9.67. The van der Waals surface area contributed by atoms with Gasteiger partial charge in [-0.2, -0.15) is 0 Å². The Balaban J connectivity index is 1.55. The number of carbonyl (C=O) groups excluding carboxylic acids is 2. The maximum atomic E-state index is 13.2. The molecule has 1 fully saturated rings. The van der Waals surface area contributed by atoms with Crippen LogP contribution in [0.2, 0.25) is 0 Å². The summed E-state index contributed by atoms with van der Waals surface area (Å²) < 4.78 is 0. The SMILES string of the molecule is C=C/C(=C\N(C)C)c1ccc2ccc(C(=O)Nc3cc(NC(=O)C4CCC(=C)C4)cnc3C)c-2cn1. The number of hydrogen-bond donors (Lipinski definition) is 2. The molecule has 1 atom stereocenters. The van der Waals surface area contributed by atoms with Gasteiger partial charge >= 0.3 is 0 Å². The van der Waals surface area contributed by atoms with Crippen molar-refractivity contribution in [3.05, 3.63) is 90.7 Å². The van der Waals surface area contributed by atoms with Gasteiger partial charge in [-0.1, -0.05) is 36.9 Å². The summed E-state index contributed by atoms with van der Waals surface area (Å²) in [5, 5.41) is 5.88. The predicted molar refractivity (Wildman–Crippen MR) is 145 cm³/mol. The predicted octanol–water partition coefficient (Wildman–Crippen LogP) is 5.53. The summed E-state index contributed by atoms with van der Waals surface area (Å²) >= 11 is 0. The summed E-state index contributed by atoms with van der Waals surface area (Å²) in [7, 11) is 3.88. The number of hydrogen-bond acceptors (Lipinski definition) is 5. The van der Waals surface area contributed by atoms with E-state index in [9.17, 15) is 9.59 Å². The Morgan fingerprint density at radius 3 is 2.58 bits per heavy atom. The summed E-state index contributed by atoms with van der Waals surface area (Å²) in [6.07, 6.45) is 9.42. The van der Waals surface area contributed by atoms with Crippen LogP contribution in [0.15, 0.2) is 73.7 Å². The first-order valence-electron chi connectivity index (χ1n) is 11.9. The molecule has 0 radical (unpaired) electrons. The van der Waals surface area contributed by atoms with E-state index in [1.165, 1.54) is 0 Å². The molecule has 1 aromatic heterocycles. The zero-order chi connectivity index (χ0) is 25.8. The van der Waals surface area contributed by atoms with E-state index in [0.29, 0.717) is 29.1 Å². The van der Waals surface area contributed by atoms with Crippen LogP contribution >= 0.6 is 0 Å². The number of nitrogens with one attached hydrogen (secondary N) is 2. The van der Waals surface area contributed by atoms with E-state index < -0.39 is 0 Å². The van der Waals surface area contributed by atoms with Crippen molar-refractivity contribution < 1.29 is 9.59 Å². The van der Waals surface area contributed by atoms with Crippen LogP contribution in [0.3, 0.4) is 0 Å². The molecule has 7 nitrogen and oxygen atoms in total. The van der Waals surface area contributed by atoms with Crippen molar-refractivity contribution in [2.45, 2.75) is 26.2 Å². The lowest BCUT2D eigenvalue weighted by Gasteiger charge is -2.13. The standard InChI is InChI=1S/C29H31N5O2/c1-6-20(17-34(4)5)26-12-10-21-9-11-24(25(21)16-31-26)29(36)33-27-14-23(15-30-19(27)3)32-28(35)22-8-7-18(2)13-22/h6,9-12,14-17,22H,1-2,7-8,13H2,3-5H3,(H,32,35)(H,33,36)/b20-17+. The molecule has 184 valence electrons. The molecule has 0 saturated heterocycles. The van der Waals surface area contributed by atoms with Crippen LogP contribution in [0.5, 0.6) is 0 Å². The average Bonchev–Trinajstić information content (AvgIpc) is 3.40. The van der Waals surface area contributed by atoms with E-state index in [4.69, 9.17) is 0 Å². The van der Waals surface area contributed by atoms with Gasteiger partial charge < -0.3 is 15.5 Å². The van der Waals surface area contributed by atoms with E-state index in [-0.39, 0.29) is 17.7 Å². The first-order valence-corrected chi connectivity index (χ1v) is 11.9. The van der Waals surface area contributed by atoms with Crippen LogP contribution in [0.25, 0.3) is 16.7 Å². The Hall–Kier alpha value is -4.26. The van der Waals surface area contributed by atoms with Crippen LogP contribution < -0.4 is 10.6 Å². The van der Waals surface area contributed by atoms with Crippen LogP contribution in [0.4, 0.5) is 11.4 Å². The molecule has 0 bridgehead atoms. The fraction of sp³-hybridized carbons (Fsp3) is 0.241. The van der Waals surface area contributed by atoms with Crippen molar-refractivity contribution in [1.29, 1.82) is 0 Å². The van der Waals surface area contributed by atoms with Gasteiger partial charge in [-0.15, -0.1) is 0 Å². The minimum absolute atomic E-state index is 0.0461. The quantitative estimate of drug-likeness (QED) is 0.342. The van der Waals surface area contributed by atoms with Gasteiger partial charge in [-0.25, -0.2) is 0 Å². The zero-order valence-corrected chi connectivity index (χ0v) is 21.0. The number of pyridine rings is 1. The van der Waals surface area contributed by atoms with E-state index in [0.717, 1.165) is 40.8 Å². The fourth-order valence-corrected chi connectivity index (χ4v) is 4.33. The second kappa shape index (κ2) is 10.6. The highest BCUT2D eigenvalue weighted by molar-refractivity contribution is 6.10. The minimum Gasteiger partial charge on any atom is -0.383 e. The van der Waals surface area contributed by atoms with Gasteiger partial charge in [0.2, 0.25) is 5.91 Å². The van der Waals surface area contributed by atoms with Crippen molar-refractivity contribution in [3.63, 3.8) is 0 Å². The normalized spacial score (nSPS) is 15.6. The molecule has 4 rings (SSSR count). The molecule has 2 aliphatic carbocycles. The molecule has 1 saturated carbocycles. The Labute approximate surface area is 212 Å². The van der Waals surface area contributed by atoms with Crippen molar-refractivity contribution in [2.75, 3.05) is 24.7 Å². The maximum absolute atomic E-state index is 13.2. The molecule has 7 heteroatoms. The Bertz CT molecular complexity index is 1340. The molecular formula is C29H31N5O2. The van der Waals surface area contributed by atoms with Gasteiger partial charge in [-0.05, 0) is 49.9 Å². The van der Waals surface area contributed by atoms with E-state index >= 15 is 0 Å².